The smallest absolute Gasteiger partial charge is 0.341 e. The number of halogens is 2. The molecule has 2 aromatic rings. The van der Waals surface area contributed by atoms with Crippen molar-refractivity contribution >= 4 is 27.6 Å². The third-order valence-corrected chi connectivity index (χ3v) is 4.59. The van der Waals surface area contributed by atoms with E-state index < -0.39 is 45.7 Å². The number of amides is 1. The maximum Gasteiger partial charge on any atom is 0.341 e. The van der Waals surface area contributed by atoms with Gasteiger partial charge in [-0.1, -0.05) is 6.07 Å². The first-order valence-corrected chi connectivity index (χ1v) is 8.67. The van der Waals surface area contributed by atoms with Gasteiger partial charge in [0.05, 0.1) is 10.5 Å². The molecule has 10 heteroatoms. The van der Waals surface area contributed by atoms with Gasteiger partial charge in [0.25, 0.3) is 5.91 Å². The van der Waals surface area contributed by atoms with Gasteiger partial charge in [-0.25, -0.2) is 26.7 Å². The van der Waals surface area contributed by atoms with E-state index in [1.807, 2.05) is 4.72 Å². The number of ether oxygens (including phenoxy) is 1. The molecule has 0 bridgehead atoms. The minimum atomic E-state index is -3.89. The molecule has 0 atom stereocenters. The van der Waals surface area contributed by atoms with Gasteiger partial charge in [0, 0.05) is 5.69 Å². The Hall–Kier alpha value is -2.85. The van der Waals surface area contributed by atoms with Crippen molar-refractivity contribution in [2.24, 2.45) is 0 Å². The Morgan fingerprint density at radius 3 is 2.50 bits per heavy atom. The summed E-state index contributed by atoms with van der Waals surface area (Å²) >= 11 is 0. The molecule has 138 valence electrons. The normalized spacial score (nSPS) is 11.0. The predicted octanol–water partition coefficient (Wildman–Crippen LogP) is 1.67. The molecule has 0 aromatic heterocycles. The van der Waals surface area contributed by atoms with Crippen molar-refractivity contribution in [3.63, 3.8) is 0 Å². The summed E-state index contributed by atoms with van der Waals surface area (Å²) < 4.78 is 56.9. The highest BCUT2D eigenvalue weighted by atomic mass is 32.2. The molecule has 7 nitrogen and oxygen atoms in total. The Kier molecular flexibility index (Phi) is 6.01. The molecule has 0 unspecified atom stereocenters. The lowest BCUT2D eigenvalue weighted by atomic mass is 10.2. The van der Waals surface area contributed by atoms with Crippen LogP contribution < -0.4 is 10.0 Å². The zero-order valence-corrected chi connectivity index (χ0v) is 14.3. The largest absolute Gasteiger partial charge is 0.452 e. The fourth-order valence-corrected chi connectivity index (χ4v) is 2.67. The van der Waals surface area contributed by atoms with Gasteiger partial charge in [-0.3, -0.25) is 4.79 Å². The highest BCUT2D eigenvalue weighted by Crippen LogP contribution is 2.16. The van der Waals surface area contributed by atoms with E-state index in [-0.39, 0.29) is 10.6 Å². The number of carbonyl (C=O) groups is 2. The molecule has 0 heterocycles. The molecule has 0 radical (unpaired) electrons. The lowest BCUT2D eigenvalue weighted by Gasteiger charge is -2.09. The molecule has 0 aliphatic heterocycles. The Balaban J connectivity index is 2.05. The van der Waals surface area contributed by atoms with E-state index in [4.69, 9.17) is 0 Å². The lowest BCUT2D eigenvalue weighted by Crippen LogP contribution is -2.22. The third-order valence-electron chi connectivity index (χ3n) is 3.18. The van der Waals surface area contributed by atoms with Gasteiger partial charge in [0.15, 0.2) is 6.61 Å². The SMILES string of the molecule is CNS(=O)(=O)c1ccc(F)c(C(=O)OCC(=O)Nc2cccc(F)c2)c1. The number of carbonyl (C=O) groups excluding carboxylic acids is 2. The van der Waals surface area contributed by atoms with Gasteiger partial charge >= 0.3 is 5.97 Å². The van der Waals surface area contributed by atoms with Gasteiger partial charge in [0.2, 0.25) is 10.0 Å². The highest BCUT2D eigenvalue weighted by molar-refractivity contribution is 7.89. The first-order chi connectivity index (χ1) is 12.2. The van der Waals surface area contributed by atoms with E-state index in [0.717, 1.165) is 31.3 Å². The van der Waals surface area contributed by atoms with Crippen molar-refractivity contribution in [3.8, 4) is 0 Å². The van der Waals surface area contributed by atoms with E-state index in [9.17, 15) is 26.8 Å². The van der Waals surface area contributed by atoms with Gasteiger partial charge in [-0.05, 0) is 43.4 Å². The van der Waals surface area contributed by atoms with Crippen LogP contribution in [0.15, 0.2) is 47.4 Å². The molecule has 0 saturated carbocycles. The van der Waals surface area contributed by atoms with Gasteiger partial charge in [0.1, 0.15) is 11.6 Å². The molecule has 2 rings (SSSR count). The Morgan fingerprint density at radius 2 is 1.85 bits per heavy atom. The second-order valence-corrected chi connectivity index (χ2v) is 6.87. The van der Waals surface area contributed by atoms with Crippen molar-refractivity contribution in [1.82, 2.24) is 4.72 Å². The lowest BCUT2D eigenvalue weighted by molar-refractivity contribution is -0.119. The van der Waals surface area contributed by atoms with Crippen molar-refractivity contribution in [2.75, 3.05) is 19.0 Å². The van der Waals surface area contributed by atoms with E-state index in [1.165, 1.54) is 18.2 Å². The number of rotatable bonds is 6. The molecule has 0 fully saturated rings. The van der Waals surface area contributed by atoms with E-state index in [2.05, 4.69) is 10.1 Å². The highest BCUT2D eigenvalue weighted by Gasteiger charge is 2.20. The molecule has 26 heavy (non-hydrogen) atoms. The molecule has 0 saturated heterocycles. The number of esters is 1. The third kappa shape index (κ3) is 4.83. The van der Waals surface area contributed by atoms with Crippen LogP contribution in [-0.2, 0) is 19.6 Å². The average molecular weight is 384 g/mol. The van der Waals surface area contributed by atoms with Crippen LogP contribution in [0.25, 0.3) is 0 Å². The monoisotopic (exact) mass is 384 g/mol. The Morgan fingerprint density at radius 1 is 1.12 bits per heavy atom. The first kappa shape index (κ1) is 19.5. The van der Waals surface area contributed by atoms with Crippen LogP contribution in [-0.4, -0.2) is 33.9 Å². The van der Waals surface area contributed by atoms with Crippen molar-refractivity contribution in [1.29, 1.82) is 0 Å². The zero-order valence-electron chi connectivity index (χ0n) is 13.5. The second kappa shape index (κ2) is 8.02. The van der Waals surface area contributed by atoms with Crippen molar-refractivity contribution < 1.29 is 31.5 Å². The molecule has 1 amide bonds. The van der Waals surface area contributed by atoms with Crippen LogP contribution >= 0.6 is 0 Å². The molecule has 0 aliphatic rings. The predicted molar refractivity (Wildman–Crippen MR) is 88.0 cm³/mol. The van der Waals surface area contributed by atoms with Gasteiger partial charge < -0.3 is 10.1 Å². The summed E-state index contributed by atoms with van der Waals surface area (Å²) in [5.74, 6) is -3.56. The van der Waals surface area contributed by atoms with Crippen LogP contribution in [0.3, 0.4) is 0 Å². The van der Waals surface area contributed by atoms with E-state index >= 15 is 0 Å². The quantitative estimate of drug-likeness (QED) is 0.738. The fourth-order valence-electron chi connectivity index (χ4n) is 1.92. The number of nitrogens with one attached hydrogen (secondary N) is 2. The minimum Gasteiger partial charge on any atom is -0.452 e. The Bertz CT molecular complexity index is 947. The standard InChI is InChI=1S/C16H14F2N2O5S/c1-19-26(23,24)12-5-6-14(18)13(8-12)16(22)25-9-15(21)20-11-4-2-3-10(17)7-11/h2-8,19H,9H2,1H3,(H,20,21). The second-order valence-electron chi connectivity index (χ2n) is 4.98. The van der Waals surface area contributed by atoms with Crippen molar-refractivity contribution in [2.45, 2.75) is 4.90 Å². The summed E-state index contributed by atoms with van der Waals surface area (Å²) in [6.07, 6.45) is 0. The van der Waals surface area contributed by atoms with Gasteiger partial charge in [-0.2, -0.15) is 0 Å². The van der Waals surface area contributed by atoms with Gasteiger partial charge in [-0.15, -0.1) is 0 Å². The van der Waals surface area contributed by atoms with Crippen LogP contribution in [0.4, 0.5) is 14.5 Å². The topological polar surface area (TPSA) is 102 Å². The van der Waals surface area contributed by atoms with Crippen molar-refractivity contribution in [3.05, 3.63) is 59.7 Å². The molecule has 0 aliphatic carbocycles. The maximum absolute atomic E-state index is 13.8. The summed E-state index contributed by atoms with van der Waals surface area (Å²) in [6.45, 7) is -0.766. The minimum absolute atomic E-state index is 0.152. The first-order valence-electron chi connectivity index (χ1n) is 7.18. The summed E-state index contributed by atoms with van der Waals surface area (Å²) in [6, 6.07) is 7.63. The van der Waals surface area contributed by atoms with Crippen LogP contribution in [0.5, 0.6) is 0 Å². The molecule has 2 aromatic carbocycles. The molecular weight excluding hydrogens is 370 g/mol. The van der Waals surface area contributed by atoms with E-state index in [0.29, 0.717) is 0 Å². The summed E-state index contributed by atoms with van der Waals surface area (Å²) in [7, 11) is -2.73. The summed E-state index contributed by atoms with van der Waals surface area (Å²) in [4.78, 5) is 23.3. The number of hydrogen-bond acceptors (Lipinski definition) is 5. The van der Waals surface area contributed by atoms with E-state index in [1.54, 1.807) is 0 Å². The summed E-state index contributed by atoms with van der Waals surface area (Å²) in [5.41, 5.74) is -0.487. The van der Waals surface area contributed by atoms with Crippen LogP contribution in [0, 0.1) is 11.6 Å². The fraction of sp³-hybridized carbons (Fsp3) is 0.125. The Labute approximate surface area is 148 Å². The molecule has 0 spiro atoms. The van der Waals surface area contributed by atoms with Crippen LogP contribution in [0.2, 0.25) is 0 Å². The number of anilines is 1. The molecular formula is C16H14F2N2O5S. The number of sulfonamides is 1. The zero-order chi connectivity index (χ0) is 19.3. The number of benzene rings is 2. The molecule has 2 N–H and O–H groups in total. The van der Waals surface area contributed by atoms with Crippen LogP contribution in [0.1, 0.15) is 10.4 Å². The number of hydrogen-bond donors (Lipinski definition) is 2. The maximum atomic E-state index is 13.8. The average Bonchev–Trinajstić information content (AvgIpc) is 2.60. The summed E-state index contributed by atoms with van der Waals surface area (Å²) in [5, 5.41) is 2.29.